The fourth-order valence-electron chi connectivity index (χ4n) is 2.91. The number of H-pyrrole nitrogens is 1. The van der Waals surface area contributed by atoms with Crippen molar-refractivity contribution in [3.05, 3.63) is 76.1 Å². The van der Waals surface area contributed by atoms with Crippen molar-refractivity contribution in [3.8, 4) is 6.07 Å². The Balaban J connectivity index is 1.92. The van der Waals surface area contributed by atoms with E-state index in [-0.39, 0.29) is 35.4 Å². The fraction of sp³-hybridized carbons (Fsp3) is 0.190. The molecule has 30 heavy (non-hydrogen) atoms. The van der Waals surface area contributed by atoms with Crippen LogP contribution in [0.2, 0.25) is 0 Å². The summed E-state index contributed by atoms with van der Waals surface area (Å²) in [5.41, 5.74) is 0.631. The van der Waals surface area contributed by atoms with Gasteiger partial charge >= 0.3 is 0 Å². The van der Waals surface area contributed by atoms with E-state index in [0.717, 1.165) is 9.87 Å². The van der Waals surface area contributed by atoms with Gasteiger partial charge in [-0.2, -0.15) is 9.57 Å². The van der Waals surface area contributed by atoms with Crippen molar-refractivity contribution in [3.63, 3.8) is 0 Å². The van der Waals surface area contributed by atoms with Gasteiger partial charge in [-0.15, -0.1) is 0 Å². The third-order valence-corrected chi connectivity index (χ3v) is 6.49. The first kappa shape index (κ1) is 21.2. The molecule has 2 N–H and O–H groups in total. The number of pyridine rings is 1. The summed E-state index contributed by atoms with van der Waals surface area (Å²) in [4.78, 5) is 28.2. The summed E-state index contributed by atoms with van der Waals surface area (Å²) in [7, 11) is -2.50. The predicted octanol–water partition coefficient (Wildman–Crippen LogP) is 1.99. The fourth-order valence-corrected chi connectivity index (χ4v) is 4.11. The monoisotopic (exact) mass is 424 g/mol. The lowest BCUT2D eigenvalue weighted by Crippen LogP contribution is -2.29. The van der Waals surface area contributed by atoms with Gasteiger partial charge in [-0.05, 0) is 23.8 Å². The number of hydrogen-bond donors (Lipinski definition) is 2. The number of aromatic nitrogens is 1. The van der Waals surface area contributed by atoms with Crippen LogP contribution in [0.4, 0.5) is 0 Å². The molecule has 1 heterocycles. The Hall–Kier alpha value is -3.48. The third-order valence-electron chi connectivity index (χ3n) is 4.64. The van der Waals surface area contributed by atoms with Gasteiger partial charge in [0.15, 0.2) is 0 Å². The Bertz CT molecular complexity index is 1280. The number of nitriles is 1. The summed E-state index contributed by atoms with van der Waals surface area (Å²) in [5.74, 6) is -0.554. The van der Waals surface area contributed by atoms with Crippen molar-refractivity contribution in [2.75, 3.05) is 13.6 Å². The van der Waals surface area contributed by atoms with Gasteiger partial charge in [-0.3, -0.25) is 9.59 Å². The van der Waals surface area contributed by atoms with Crippen molar-refractivity contribution in [1.29, 1.82) is 5.26 Å². The molecule has 0 aliphatic rings. The summed E-state index contributed by atoms with van der Waals surface area (Å²) < 4.78 is 26.4. The molecule has 0 fully saturated rings. The summed E-state index contributed by atoms with van der Waals surface area (Å²) in [6.45, 7) is 0.296. The smallest absolute Gasteiger partial charge is 0.257 e. The van der Waals surface area contributed by atoms with Crippen LogP contribution in [0.5, 0.6) is 0 Å². The molecule has 0 radical (unpaired) electrons. The van der Waals surface area contributed by atoms with Crippen LogP contribution in [0.1, 0.15) is 22.3 Å². The summed E-state index contributed by atoms with van der Waals surface area (Å²) in [6.07, 6.45) is 1.37. The molecule has 0 spiro atoms. The molecule has 2 aromatic carbocycles. The summed E-state index contributed by atoms with van der Waals surface area (Å²) >= 11 is 0. The number of aromatic amines is 1. The number of sulfonamides is 1. The molecular weight excluding hydrogens is 404 g/mol. The highest BCUT2D eigenvalue weighted by atomic mass is 32.2. The third kappa shape index (κ3) is 4.40. The largest absolute Gasteiger partial charge is 0.360 e. The molecule has 1 aromatic heterocycles. The van der Waals surface area contributed by atoms with Gasteiger partial charge < -0.3 is 10.3 Å². The minimum atomic E-state index is -3.87. The standard InChI is InChI=1S/C21H20N4O4S/c1-25(11-5-10-22)30(28,29)16-8-9-19-17(12-16)20(26)18(14-23-19)21(27)24-13-15-6-3-2-4-7-15/h2-4,6-9,12,14H,5,11,13H2,1H3,(H,23,26)(H,24,27). The van der Waals surface area contributed by atoms with E-state index < -0.39 is 21.4 Å². The van der Waals surface area contributed by atoms with Crippen LogP contribution < -0.4 is 10.7 Å². The van der Waals surface area contributed by atoms with Crippen molar-refractivity contribution in [1.82, 2.24) is 14.6 Å². The number of fused-ring (bicyclic) bond motifs is 1. The molecule has 1 amide bonds. The Labute approximate surface area is 173 Å². The van der Waals surface area contributed by atoms with E-state index >= 15 is 0 Å². The molecule has 3 aromatic rings. The molecule has 0 atom stereocenters. The number of rotatable bonds is 7. The molecular formula is C21H20N4O4S. The van der Waals surface area contributed by atoms with E-state index in [1.54, 1.807) is 0 Å². The van der Waals surface area contributed by atoms with E-state index in [4.69, 9.17) is 5.26 Å². The predicted molar refractivity (Wildman–Crippen MR) is 112 cm³/mol. The summed E-state index contributed by atoms with van der Waals surface area (Å²) in [6, 6.07) is 15.3. The zero-order valence-electron chi connectivity index (χ0n) is 16.3. The Morgan fingerprint density at radius 3 is 2.63 bits per heavy atom. The first-order valence-electron chi connectivity index (χ1n) is 9.15. The number of amides is 1. The number of nitrogens with zero attached hydrogens (tertiary/aromatic N) is 2. The van der Waals surface area contributed by atoms with Crippen molar-refractivity contribution < 1.29 is 13.2 Å². The molecule has 3 rings (SSSR count). The molecule has 154 valence electrons. The number of carbonyl (C=O) groups excluding carboxylic acids is 1. The van der Waals surface area contributed by atoms with Crippen molar-refractivity contribution >= 4 is 26.8 Å². The van der Waals surface area contributed by atoms with Crippen LogP contribution in [0, 0.1) is 11.3 Å². The van der Waals surface area contributed by atoms with E-state index in [1.807, 2.05) is 36.4 Å². The first-order chi connectivity index (χ1) is 14.3. The number of carbonyl (C=O) groups is 1. The topological polar surface area (TPSA) is 123 Å². The van der Waals surface area contributed by atoms with Crippen molar-refractivity contribution in [2.24, 2.45) is 0 Å². The van der Waals surface area contributed by atoms with Gasteiger partial charge in [0, 0.05) is 43.7 Å². The molecule has 9 heteroatoms. The van der Waals surface area contributed by atoms with Gasteiger partial charge in [0.25, 0.3) is 5.91 Å². The van der Waals surface area contributed by atoms with Crippen LogP contribution >= 0.6 is 0 Å². The Kier molecular flexibility index (Phi) is 6.30. The maximum absolute atomic E-state index is 12.9. The van der Waals surface area contributed by atoms with Crippen LogP contribution in [-0.2, 0) is 16.6 Å². The second kappa shape index (κ2) is 8.90. The zero-order chi connectivity index (χ0) is 21.7. The van der Waals surface area contributed by atoms with Crippen LogP contribution in [-0.4, -0.2) is 37.2 Å². The molecule has 0 aliphatic carbocycles. The molecule has 0 bridgehead atoms. The van der Waals surface area contributed by atoms with Gasteiger partial charge in [0.2, 0.25) is 15.5 Å². The molecule has 0 saturated carbocycles. The van der Waals surface area contributed by atoms with Crippen LogP contribution in [0.3, 0.4) is 0 Å². The molecule has 8 nitrogen and oxygen atoms in total. The van der Waals surface area contributed by atoms with E-state index in [1.165, 1.54) is 31.4 Å². The highest BCUT2D eigenvalue weighted by molar-refractivity contribution is 7.89. The van der Waals surface area contributed by atoms with Gasteiger partial charge in [-0.1, -0.05) is 30.3 Å². The van der Waals surface area contributed by atoms with Crippen LogP contribution in [0.15, 0.2) is 64.4 Å². The number of hydrogen-bond acceptors (Lipinski definition) is 5. The average Bonchev–Trinajstić information content (AvgIpc) is 2.76. The maximum Gasteiger partial charge on any atom is 0.257 e. The Morgan fingerprint density at radius 2 is 1.93 bits per heavy atom. The lowest BCUT2D eigenvalue weighted by atomic mass is 10.1. The van der Waals surface area contributed by atoms with E-state index in [9.17, 15) is 18.0 Å². The highest BCUT2D eigenvalue weighted by Crippen LogP contribution is 2.19. The zero-order valence-corrected chi connectivity index (χ0v) is 17.1. The second-order valence-corrected chi connectivity index (χ2v) is 8.69. The van der Waals surface area contributed by atoms with Gasteiger partial charge in [0.05, 0.1) is 11.0 Å². The lowest BCUT2D eigenvalue weighted by molar-refractivity contribution is 0.0949. The minimum absolute atomic E-state index is 0.0369. The van der Waals surface area contributed by atoms with Crippen molar-refractivity contribution in [2.45, 2.75) is 17.9 Å². The average molecular weight is 424 g/mol. The number of benzene rings is 2. The normalized spacial score (nSPS) is 11.4. The van der Waals surface area contributed by atoms with Crippen LogP contribution in [0.25, 0.3) is 10.9 Å². The summed E-state index contributed by atoms with van der Waals surface area (Å²) in [5, 5.41) is 11.5. The minimum Gasteiger partial charge on any atom is -0.360 e. The lowest BCUT2D eigenvalue weighted by Gasteiger charge is -2.16. The van der Waals surface area contributed by atoms with E-state index in [2.05, 4.69) is 10.3 Å². The molecule has 0 saturated heterocycles. The number of nitrogens with one attached hydrogen (secondary N) is 2. The first-order valence-corrected chi connectivity index (χ1v) is 10.6. The molecule has 0 aliphatic heterocycles. The maximum atomic E-state index is 12.9. The van der Waals surface area contributed by atoms with Gasteiger partial charge in [0.1, 0.15) is 5.56 Å². The second-order valence-electron chi connectivity index (χ2n) is 6.64. The van der Waals surface area contributed by atoms with Gasteiger partial charge in [-0.25, -0.2) is 8.42 Å². The molecule has 0 unspecified atom stereocenters. The quantitative estimate of drug-likeness (QED) is 0.600. The Morgan fingerprint density at radius 1 is 1.20 bits per heavy atom. The van der Waals surface area contributed by atoms with E-state index in [0.29, 0.717) is 5.52 Å². The highest BCUT2D eigenvalue weighted by Gasteiger charge is 2.22. The SMILES string of the molecule is CN(CCC#N)S(=O)(=O)c1ccc2[nH]cc(C(=O)NCc3ccccc3)c(=O)c2c1.